The highest BCUT2D eigenvalue weighted by Gasteiger charge is 2.14. The molecule has 0 aromatic carbocycles. The summed E-state index contributed by atoms with van der Waals surface area (Å²) in [5, 5.41) is 9.53. The minimum Gasteiger partial charge on any atom is -0.378 e. The first-order valence-electron chi connectivity index (χ1n) is 3.99. The van der Waals surface area contributed by atoms with Crippen molar-refractivity contribution in [2.75, 3.05) is 6.54 Å². The van der Waals surface area contributed by atoms with Crippen LogP contribution in [0.15, 0.2) is 0 Å². The van der Waals surface area contributed by atoms with Crippen molar-refractivity contribution in [1.29, 1.82) is 0 Å². The fraction of sp³-hybridized carbons (Fsp3) is 0.778. The van der Waals surface area contributed by atoms with Gasteiger partial charge in [0.2, 0.25) is 0 Å². The molecule has 0 aliphatic carbocycles. The van der Waals surface area contributed by atoms with Gasteiger partial charge < -0.3 is 10.8 Å². The quantitative estimate of drug-likeness (QED) is 0.468. The van der Waals surface area contributed by atoms with Crippen molar-refractivity contribution in [3.05, 3.63) is 0 Å². The zero-order valence-electron chi connectivity index (χ0n) is 7.35. The van der Waals surface area contributed by atoms with Crippen LogP contribution < -0.4 is 5.73 Å². The molecule has 0 rings (SSSR count). The maximum Gasteiger partial charge on any atom is 0.122 e. The number of nitrogens with two attached hydrogens (primary N) is 1. The van der Waals surface area contributed by atoms with E-state index in [1.165, 1.54) is 0 Å². The number of unbranched alkanes of at least 4 members (excludes halogenated alkanes) is 1. The van der Waals surface area contributed by atoms with Crippen LogP contribution in [0.5, 0.6) is 0 Å². The van der Waals surface area contributed by atoms with Crippen molar-refractivity contribution in [2.24, 2.45) is 5.73 Å². The Bertz CT molecular complexity index is 153. The Labute approximate surface area is 68.8 Å². The van der Waals surface area contributed by atoms with Crippen molar-refractivity contribution in [3.8, 4) is 11.8 Å². The largest absolute Gasteiger partial charge is 0.378 e. The van der Waals surface area contributed by atoms with E-state index >= 15 is 0 Å². The van der Waals surface area contributed by atoms with Gasteiger partial charge in [-0.25, -0.2) is 0 Å². The molecule has 0 amide bonds. The molecule has 0 aliphatic rings. The van der Waals surface area contributed by atoms with Gasteiger partial charge in [0, 0.05) is 0 Å². The molecule has 0 saturated carbocycles. The van der Waals surface area contributed by atoms with Gasteiger partial charge in [-0.05, 0) is 39.7 Å². The molecule has 64 valence electrons. The molecule has 1 unspecified atom stereocenters. The fourth-order valence-corrected chi connectivity index (χ4v) is 0.945. The topological polar surface area (TPSA) is 46.2 Å². The van der Waals surface area contributed by atoms with Crippen LogP contribution in [0.25, 0.3) is 0 Å². The third-order valence-electron chi connectivity index (χ3n) is 1.51. The molecule has 2 nitrogen and oxygen atoms in total. The minimum atomic E-state index is -0.816. The van der Waals surface area contributed by atoms with E-state index in [4.69, 9.17) is 5.73 Å². The lowest BCUT2D eigenvalue weighted by atomic mass is 10.00. The molecule has 2 heteroatoms. The highest BCUT2D eigenvalue weighted by atomic mass is 16.3. The van der Waals surface area contributed by atoms with E-state index in [1.807, 2.05) is 0 Å². The maximum absolute atomic E-state index is 9.53. The molecule has 11 heavy (non-hydrogen) atoms. The molecule has 0 heterocycles. The zero-order chi connectivity index (χ0) is 8.74. The van der Waals surface area contributed by atoms with Crippen LogP contribution in [0.4, 0.5) is 0 Å². The Hall–Kier alpha value is -0.520. The standard InChI is InChI=1S/C9H17NO/c1-3-6-9(2,11)7-4-5-8-10/h11H,4-5,7-8,10H2,1-2H3. The third-order valence-corrected chi connectivity index (χ3v) is 1.51. The average molecular weight is 155 g/mol. The first-order chi connectivity index (χ1) is 5.12. The van der Waals surface area contributed by atoms with Crippen molar-refractivity contribution in [3.63, 3.8) is 0 Å². The lowest BCUT2D eigenvalue weighted by Crippen LogP contribution is -2.21. The Morgan fingerprint density at radius 2 is 2.09 bits per heavy atom. The molecule has 0 aliphatic heterocycles. The molecule has 0 fully saturated rings. The van der Waals surface area contributed by atoms with Crippen LogP contribution in [-0.2, 0) is 0 Å². The van der Waals surface area contributed by atoms with Crippen molar-refractivity contribution in [2.45, 2.75) is 38.7 Å². The van der Waals surface area contributed by atoms with Crippen LogP contribution in [0, 0.1) is 11.8 Å². The number of rotatable bonds is 4. The van der Waals surface area contributed by atoms with E-state index in [0.717, 1.165) is 12.8 Å². The molecule has 0 aromatic heterocycles. The fourth-order valence-electron chi connectivity index (χ4n) is 0.945. The molecule has 0 radical (unpaired) electrons. The van der Waals surface area contributed by atoms with Gasteiger partial charge in [-0.2, -0.15) is 0 Å². The predicted octanol–water partition coefficient (Wildman–Crippen LogP) is 0.890. The predicted molar refractivity (Wildman–Crippen MR) is 47.0 cm³/mol. The summed E-state index contributed by atoms with van der Waals surface area (Å²) in [5.41, 5.74) is 4.50. The first kappa shape index (κ1) is 10.5. The number of hydrogen-bond donors (Lipinski definition) is 2. The van der Waals surface area contributed by atoms with Gasteiger partial charge in [0.05, 0.1) is 0 Å². The monoisotopic (exact) mass is 155 g/mol. The summed E-state index contributed by atoms with van der Waals surface area (Å²) >= 11 is 0. The van der Waals surface area contributed by atoms with Crippen LogP contribution in [0.1, 0.15) is 33.1 Å². The van der Waals surface area contributed by atoms with Gasteiger partial charge >= 0.3 is 0 Å². The van der Waals surface area contributed by atoms with Gasteiger partial charge in [-0.15, -0.1) is 5.92 Å². The summed E-state index contributed by atoms with van der Waals surface area (Å²) < 4.78 is 0. The highest BCUT2D eigenvalue weighted by molar-refractivity contribution is 5.09. The molecular formula is C9H17NO. The summed E-state index contributed by atoms with van der Waals surface area (Å²) in [7, 11) is 0. The van der Waals surface area contributed by atoms with Gasteiger partial charge in [-0.1, -0.05) is 5.92 Å². The summed E-state index contributed by atoms with van der Waals surface area (Å²) in [6.45, 7) is 4.16. The second-order valence-corrected chi connectivity index (χ2v) is 2.89. The van der Waals surface area contributed by atoms with Crippen molar-refractivity contribution >= 4 is 0 Å². The first-order valence-corrected chi connectivity index (χ1v) is 3.99. The molecule has 0 spiro atoms. The normalized spacial score (nSPS) is 14.9. The van der Waals surface area contributed by atoms with Gasteiger partial charge in [0.15, 0.2) is 0 Å². The SMILES string of the molecule is CC#CC(C)(O)CCCCN. The van der Waals surface area contributed by atoms with Crippen LogP contribution >= 0.6 is 0 Å². The molecule has 3 N–H and O–H groups in total. The van der Waals surface area contributed by atoms with E-state index in [0.29, 0.717) is 13.0 Å². The molecule has 0 saturated heterocycles. The Morgan fingerprint density at radius 1 is 1.45 bits per heavy atom. The van der Waals surface area contributed by atoms with E-state index < -0.39 is 5.60 Å². The van der Waals surface area contributed by atoms with Crippen molar-refractivity contribution < 1.29 is 5.11 Å². The highest BCUT2D eigenvalue weighted by Crippen LogP contribution is 2.11. The Balaban J connectivity index is 3.61. The van der Waals surface area contributed by atoms with E-state index in [-0.39, 0.29) is 0 Å². The summed E-state index contributed by atoms with van der Waals surface area (Å²) in [5.74, 6) is 5.45. The summed E-state index contributed by atoms with van der Waals surface area (Å²) in [6, 6.07) is 0. The molecule has 1 atom stereocenters. The minimum absolute atomic E-state index is 0.690. The number of hydrogen-bond acceptors (Lipinski definition) is 2. The molecule has 0 bridgehead atoms. The third kappa shape index (κ3) is 5.90. The second-order valence-electron chi connectivity index (χ2n) is 2.89. The molecule has 0 aromatic rings. The Morgan fingerprint density at radius 3 is 2.55 bits per heavy atom. The maximum atomic E-state index is 9.53. The van der Waals surface area contributed by atoms with E-state index in [9.17, 15) is 5.11 Å². The smallest absolute Gasteiger partial charge is 0.122 e. The summed E-state index contributed by atoms with van der Waals surface area (Å²) in [4.78, 5) is 0. The second kappa shape index (κ2) is 5.17. The zero-order valence-corrected chi connectivity index (χ0v) is 7.35. The van der Waals surface area contributed by atoms with Gasteiger partial charge in [0.1, 0.15) is 5.60 Å². The molecular weight excluding hydrogens is 138 g/mol. The number of aliphatic hydroxyl groups is 1. The average Bonchev–Trinajstić information content (AvgIpc) is 1.87. The van der Waals surface area contributed by atoms with Crippen LogP contribution in [-0.4, -0.2) is 17.3 Å². The van der Waals surface area contributed by atoms with Gasteiger partial charge in [0.25, 0.3) is 0 Å². The van der Waals surface area contributed by atoms with Gasteiger partial charge in [-0.3, -0.25) is 0 Å². The Kier molecular flexibility index (Phi) is 4.93. The van der Waals surface area contributed by atoms with E-state index in [2.05, 4.69) is 11.8 Å². The van der Waals surface area contributed by atoms with Crippen LogP contribution in [0.3, 0.4) is 0 Å². The van der Waals surface area contributed by atoms with E-state index in [1.54, 1.807) is 13.8 Å². The lowest BCUT2D eigenvalue weighted by molar-refractivity contribution is 0.109. The van der Waals surface area contributed by atoms with Crippen LogP contribution in [0.2, 0.25) is 0 Å². The lowest BCUT2D eigenvalue weighted by Gasteiger charge is -2.15. The van der Waals surface area contributed by atoms with Crippen molar-refractivity contribution in [1.82, 2.24) is 0 Å². The summed E-state index contributed by atoms with van der Waals surface area (Å²) in [6.07, 6.45) is 2.62.